The maximum atomic E-state index is 11.5. The van der Waals surface area contributed by atoms with Crippen molar-refractivity contribution in [3.63, 3.8) is 0 Å². The van der Waals surface area contributed by atoms with Crippen LogP contribution < -0.4 is 4.90 Å². The number of sulfone groups is 1. The lowest BCUT2D eigenvalue weighted by molar-refractivity contribution is 0.597. The van der Waals surface area contributed by atoms with E-state index in [-0.39, 0.29) is 11.5 Å². The van der Waals surface area contributed by atoms with Crippen LogP contribution in [0.2, 0.25) is 0 Å². The molecule has 0 N–H and O–H groups in total. The van der Waals surface area contributed by atoms with E-state index in [9.17, 15) is 8.42 Å². The Morgan fingerprint density at radius 3 is 2.83 bits per heavy atom. The summed E-state index contributed by atoms with van der Waals surface area (Å²) in [5, 5.41) is 8.93. The Labute approximate surface area is 107 Å². The molecule has 0 unspecified atom stereocenters. The van der Waals surface area contributed by atoms with E-state index in [1.54, 1.807) is 12.1 Å². The van der Waals surface area contributed by atoms with Crippen LogP contribution in [0, 0.1) is 18.3 Å². The number of hydrogen-bond donors (Lipinski definition) is 0. The molecule has 1 aromatic rings. The van der Waals surface area contributed by atoms with Gasteiger partial charge in [0.2, 0.25) is 0 Å². The zero-order valence-corrected chi connectivity index (χ0v) is 11.1. The molecule has 1 fully saturated rings. The van der Waals surface area contributed by atoms with Gasteiger partial charge in [0.1, 0.15) is 5.82 Å². The lowest BCUT2D eigenvalue weighted by Gasteiger charge is -2.21. The summed E-state index contributed by atoms with van der Waals surface area (Å²) in [6.45, 7) is 2.95. The van der Waals surface area contributed by atoms with Gasteiger partial charge in [-0.1, -0.05) is 0 Å². The summed E-state index contributed by atoms with van der Waals surface area (Å²) in [7, 11) is -2.92. The fourth-order valence-electron chi connectivity index (χ4n) is 2.05. The number of anilines is 1. The van der Waals surface area contributed by atoms with Gasteiger partial charge in [-0.15, -0.1) is 0 Å². The lowest BCUT2D eigenvalue weighted by Crippen LogP contribution is -2.27. The van der Waals surface area contributed by atoms with E-state index in [1.807, 2.05) is 11.8 Å². The monoisotopic (exact) mass is 265 g/mol. The van der Waals surface area contributed by atoms with E-state index in [2.05, 4.69) is 11.1 Å². The minimum Gasteiger partial charge on any atom is -0.356 e. The van der Waals surface area contributed by atoms with E-state index in [1.165, 1.54) is 0 Å². The van der Waals surface area contributed by atoms with Gasteiger partial charge >= 0.3 is 0 Å². The summed E-state index contributed by atoms with van der Waals surface area (Å²) in [4.78, 5) is 6.32. The maximum Gasteiger partial charge on any atom is 0.152 e. The second kappa shape index (κ2) is 4.94. The summed E-state index contributed by atoms with van der Waals surface area (Å²) in [5.74, 6) is 1.09. The summed E-state index contributed by atoms with van der Waals surface area (Å²) in [6.07, 6.45) is 0.611. The molecule has 96 valence electrons. The highest BCUT2D eigenvalue weighted by atomic mass is 32.2. The Morgan fingerprint density at radius 1 is 1.33 bits per heavy atom. The van der Waals surface area contributed by atoms with Crippen LogP contribution in [0.5, 0.6) is 0 Å². The minimum atomic E-state index is -2.92. The average molecular weight is 265 g/mol. The molecule has 0 amide bonds. The molecule has 1 saturated heterocycles. The molecule has 5 nitrogen and oxygen atoms in total. The highest BCUT2D eigenvalue weighted by Crippen LogP contribution is 2.17. The van der Waals surface area contributed by atoms with Gasteiger partial charge in [-0.3, -0.25) is 0 Å². The van der Waals surface area contributed by atoms with Crippen LogP contribution in [0.15, 0.2) is 12.1 Å². The largest absolute Gasteiger partial charge is 0.356 e. The third-order valence-electron chi connectivity index (χ3n) is 2.95. The minimum absolute atomic E-state index is 0.157. The van der Waals surface area contributed by atoms with Crippen LogP contribution in [0.25, 0.3) is 0 Å². The Balaban J connectivity index is 2.27. The van der Waals surface area contributed by atoms with E-state index < -0.39 is 9.84 Å². The lowest BCUT2D eigenvalue weighted by atomic mass is 10.2. The third-order valence-corrected chi connectivity index (χ3v) is 4.66. The zero-order chi connectivity index (χ0) is 13.2. The van der Waals surface area contributed by atoms with Crippen molar-refractivity contribution in [1.82, 2.24) is 4.98 Å². The van der Waals surface area contributed by atoms with Crippen molar-refractivity contribution in [3.8, 4) is 6.07 Å². The molecule has 0 spiro atoms. The molecule has 18 heavy (non-hydrogen) atoms. The van der Waals surface area contributed by atoms with Crippen LogP contribution >= 0.6 is 0 Å². The standard InChI is InChI=1S/C12H15N3O2S/c1-10-7-11(9-13)8-12(14-10)15-3-2-5-18(16,17)6-4-15/h7-8H,2-6H2,1H3. The first-order chi connectivity index (χ1) is 8.50. The Hall–Kier alpha value is -1.61. The van der Waals surface area contributed by atoms with E-state index >= 15 is 0 Å². The average Bonchev–Trinajstić information content (AvgIpc) is 2.49. The molecule has 0 aliphatic carbocycles. The fraction of sp³-hybridized carbons (Fsp3) is 0.500. The first-order valence-electron chi connectivity index (χ1n) is 5.84. The van der Waals surface area contributed by atoms with Gasteiger partial charge in [0, 0.05) is 18.8 Å². The number of nitrogens with zero attached hydrogens (tertiary/aromatic N) is 3. The first kappa shape index (κ1) is 12.8. The maximum absolute atomic E-state index is 11.5. The SMILES string of the molecule is Cc1cc(C#N)cc(N2CCCS(=O)(=O)CC2)n1. The molecule has 2 rings (SSSR count). The quantitative estimate of drug-likeness (QED) is 0.753. The second-order valence-corrected chi connectivity index (χ2v) is 6.76. The van der Waals surface area contributed by atoms with Gasteiger partial charge in [0.05, 0.1) is 23.1 Å². The summed E-state index contributed by atoms with van der Waals surface area (Å²) in [5.41, 5.74) is 1.33. The van der Waals surface area contributed by atoms with Crippen molar-refractivity contribution in [3.05, 3.63) is 23.4 Å². The molecule has 1 aliphatic heterocycles. The van der Waals surface area contributed by atoms with Crippen molar-refractivity contribution < 1.29 is 8.42 Å². The molecule has 0 radical (unpaired) electrons. The highest BCUT2D eigenvalue weighted by molar-refractivity contribution is 7.91. The number of rotatable bonds is 1. The van der Waals surface area contributed by atoms with Gasteiger partial charge < -0.3 is 4.90 Å². The van der Waals surface area contributed by atoms with Gasteiger partial charge in [-0.05, 0) is 25.5 Å². The van der Waals surface area contributed by atoms with Crippen molar-refractivity contribution in [2.24, 2.45) is 0 Å². The Morgan fingerprint density at radius 2 is 2.11 bits per heavy atom. The summed E-state index contributed by atoms with van der Waals surface area (Å²) in [6, 6.07) is 5.53. The molecule has 6 heteroatoms. The number of aromatic nitrogens is 1. The van der Waals surface area contributed by atoms with Crippen LogP contribution in [0.4, 0.5) is 5.82 Å². The van der Waals surface area contributed by atoms with Crippen molar-refractivity contribution in [2.75, 3.05) is 29.5 Å². The molecular weight excluding hydrogens is 250 g/mol. The van der Waals surface area contributed by atoms with Crippen LogP contribution in [0.3, 0.4) is 0 Å². The normalized spacial score (nSPS) is 19.0. The molecule has 2 heterocycles. The number of nitriles is 1. The van der Waals surface area contributed by atoms with E-state index in [4.69, 9.17) is 5.26 Å². The molecule has 1 aliphatic rings. The fourth-order valence-corrected chi connectivity index (χ4v) is 3.32. The smallest absolute Gasteiger partial charge is 0.152 e. The number of aryl methyl sites for hydroxylation is 1. The molecule has 1 aromatic heterocycles. The summed E-state index contributed by atoms with van der Waals surface area (Å²) < 4.78 is 23.1. The first-order valence-corrected chi connectivity index (χ1v) is 7.66. The van der Waals surface area contributed by atoms with Gasteiger partial charge in [0.15, 0.2) is 9.84 Å². The number of pyridine rings is 1. The summed E-state index contributed by atoms with van der Waals surface area (Å²) >= 11 is 0. The second-order valence-electron chi connectivity index (χ2n) is 4.46. The number of hydrogen-bond acceptors (Lipinski definition) is 5. The van der Waals surface area contributed by atoms with Crippen molar-refractivity contribution in [1.29, 1.82) is 5.26 Å². The molecule has 0 atom stereocenters. The van der Waals surface area contributed by atoms with Gasteiger partial charge in [-0.2, -0.15) is 5.26 Å². The topological polar surface area (TPSA) is 74.1 Å². The predicted molar refractivity (Wildman–Crippen MR) is 69.2 cm³/mol. The predicted octanol–water partition coefficient (Wildman–Crippen LogP) is 0.887. The van der Waals surface area contributed by atoms with E-state index in [0.717, 1.165) is 5.69 Å². The Bertz CT molecular complexity index is 590. The molecular formula is C12H15N3O2S. The van der Waals surface area contributed by atoms with Gasteiger partial charge in [0.25, 0.3) is 0 Å². The zero-order valence-electron chi connectivity index (χ0n) is 10.3. The van der Waals surface area contributed by atoms with Crippen LogP contribution in [-0.4, -0.2) is 38.0 Å². The van der Waals surface area contributed by atoms with Crippen LogP contribution in [0.1, 0.15) is 17.7 Å². The van der Waals surface area contributed by atoms with E-state index in [0.29, 0.717) is 30.9 Å². The van der Waals surface area contributed by atoms with Gasteiger partial charge in [-0.25, -0.2) is 13.4 Å². The highest BCUT2D eigenvalue weighted by Gasteiger charge is 2.20. The Kier molecular flexibility index (Phi) is 3.53. The van der Waals surface area contributed by atoms with Crippen LogP contribution in [-0.2, 0) is 9.84 Å². The molecule has 0 saturated carbocycles. The molecule has 0 bridgehead atoms. The molecule has 0 aromatic carbocycles. The van der Waals surface area contributed by atoms with Crippen molar-refractivity contribution in [2.45, 2.75) is 13.3 Å². The van der Waals surface area contributed by atoms with Crippen molar-refractivity contribution >= 4 is 15.7 Å². The third kappa shape index (κ3) is 2.99.